The third kappa shape index (κ3) is 3.27. The maximum Gasteiger partial charge on any atom is 0.269 e. The zero-order valence-corrected chi connectivity index (χ0v) is 17.8. The number of amides is 2. The Hall–Kier alpha value is -3.53. The molecule has 5 rings (SSSR count). The summed E-state index contributed by atoms with van der Waals surface area (Å²) < 4.78 is 41.8. The van der Waals surface area contributed by atoms with E-state index < -0.39 is 33.7 Å². The molecule has 1 aromatic heterocycles. The second-order valence-corrected chi connectivity index (χ2v) is 9.69. The average Bonchev–Trinajstić information content (AvgIpc) is 3.46. The van der Waals surface area contributed by atoms with E-state index in [1.165, 1.54) is 30.3 Å². The maximum absolute atomic E-state index is 13.4. The zero-order chi connectivity index (χ0) is 22.6. The van der Waals surface area contributed by atoms with E-state index in [0.29, 0.717) is 24.2 Å². The van der Waals surface area contributed by atoms with Crippen LogP contribution >= 0.6 is 0 Å². The quantitative estimate of drug-likeness (QED) is 0.638. The fraction of sp³-hybridized carbons (Fsp3) is 0.227. The first-order chi connectivity index (χ1) is 15.3. The van der Waals surface area contributed by atoms with Gasteiger partial charge in [0.2, 0.25) is 0 Å². The van der Waals surface area contributed by atoms with Crippen molar-refractivity contribution in [2.24, 2.45) is 7.05 Å². The lowest BCUT2D eigenvalue weighted by Crippen LogP contribution is -2.32. The number of halogens is 1. The van der Waals surface area contributed by atoms with Crippen LogP contribution in [0.5, 0.6) is 0 Å². The minimum Gasteiger partial charge on any atom is -0.338 e. The lowest BCUT2D eigenvalue weighted by Gasteiger charge is -2.19. The molecule has 2 amide bonds. The van der Waals surface area contributed by atoms with Crippen molar-refractivity contribution in [3.8, 4) is 0 Å². The normalized spacial score (nSPS) is 17.8. The van der Waals surface area contributed by atoms with Gasteiger partial charge in [-0.3, -0.25) is 9.59 Å². The molecule has 2 heterocycles. The molecule has 8 nitrogen and oxygen atoms in total. The topological polar surface area (TPSA) is 101 Å². The van der Waals surface area contributed by atoms with Gasteiger partial charge in [-0.05, 0) is 48.7 Å². The molecular formula is C22H19FN4O4S. The van der Waals surface area contributed by atoms with E-state index >= 15 is 0 Å². The predicted molar refractivity (Wildman–Crippen MR) is 112 cm³/mol. The highest BCUT2D eigenvalue weighted by Crippen LogP contribution is 2.39. The largest absolute Gasteiger partial charge is 0.338 e. The molecule has 1 N–H and O–H groups in total. The Morgan fingerprint density at radius 3 is 2.53 bits per heavy atom. The lowest BCUT2D eigenvalue weighted by molar-refractivity contribution is 0.0863. The molecule has 32 heavy (non-hydrogen) atoms. The Morgan fingerprint density at radius 2 is 1.91 bits per heavy atom. The predicted octanol–water partition coefficient (Wildman–Crippen LogP) is 2.39. The smallest absolute Gasteiger partial charge is 0.269 e. The number of aryl methyl sites for hydroxylation is 1. The van der Waals surface area contributed by atoms with Gasteiger partial charge in [-0.1, -0.05) is 12.1 Å². The molecule has 3 aromatic rings. The molecule has 1 fully saturated rings. The first-order valence-corrected chi connectivity index (χ1v) is 11.5. The summed E-state index contributed by atoms with van der Waals surface area (Å²) in [5.74, 6) is -0.981. The number of rotatable bonds is 5. The summed E-state index contributed by atoms with van der Waals surface area (Å²) in [6.45, 7) is 0. The van der Waals surface area contributed by atoms with E-state index in [4.69, 9.17) is 0 Å². The van der Waals surface area contributed by atoms with E-state index in [0.717, 1.165) is 4.31 Å². The van der Waals surface area contributed by atoms with Crippen LogP contribution in [0.4, 0.5) is 4.39 Å². The summed E-state index contributed by atoms with van der Waals surface area (Å²) in [6.07, 6.45) is 4.60. The van der Waals surface area contributed by atoms with E-state index in [9.17, 15) is 22.4 Å². The second-order valence-electron chi connectivity index (χ2n) is 7.90. The third-order valence-electron chi connectivity index (χ3n) is 5.69. The number of fused-ring (bicyclic) bond motifs is 1. The monoisotopic (exact) mass is 454 g/mol. The second kappa shape index (κ2) is 7.27. The lowest BCUT2D eigenvalue weighted by atomic mass is 10.0. The number of sulfonamides is 1. The van der Waals surface area contributed by atoms with Gasteiger partial charge in [0.1, 0.15) is 22.6 Å². The molecule has 2 aromatic carbocycles. The van der Waals surface area contributed by atoms with Crippen molar-refractivity contribution in [2.45, 2.75) is 29.8 Å². The van der Waals surface area contributed by atoms with Gasteiger partial charge >= 0.3 is 0 Å². The van der Waals surface area contributed by atoms with Gasteiger partial charge in [0.05, 0.1) is 5.56 Å². The first-order valence-electron chi connectivity index (χ1n) is 10.0. The van der Waals surface area contributed by atoms with E-state index in [-0.39, 0.29) is 22.1 Å². The van der Waals surface area contributed by atoms with Crippen molar-refractivity contribution < 1.29 is 22.4 Å². The van der Waals surface area contributed by atoms with Crippen LogP contribution in [0.1, 0.15) is 51.0 Å². The fourth-order valence-electron chi connectivity index (χ4n) is 3.88. The summed E-state index contributed by atoms with van der Waals surface area (Å²) >= 11 is 0. The molecule has 0 saturated heterocycles. The minimum atomic E-state index is -3.98. The van der Waals surface area contributed by atoms with Crippen molar-refractivity contribution in [1.29, 1.82) is 0 Å². The van der Waals surface area contributed by atoms with E-state index in [1.54, 1.807) is 36.1 Å². The Morgan fingerprint density at radius 1 is 1.19 bits per heavy atom. The van der Waals surface area contributed by atoms with Crippen LogP contribution in [0.25, 0.3) is 0 Å². The Balaban J connectivity index is 1.49. The van der Waals surface area contributed by atoms with Gasteiger partial charge in [-0.2, -0.15) is 0 Å². The Kier molecular flexibility index (Phi) is 4.63. The van der Waals surface area contributed by atoms with Crippen LogP contribution < -0.4 is 5.32 Å². The van der Waals surface area contributed by atoms with Gasteiger partial charge in [0.15, 0.2) is 0 Å². The van der Waals surface area contributed by atoms with Crippen molar-refractivity contribution in [2.75, 3.05) is 0 Å². The van der Waals surface area contributed by atoms with Crippen molar-refractivity contribution >= 4 is 21.8 Å². The zero-order valence-electron chi connectivity index (χ0n) is 17.0. The van der Waals surface area contributed by atoms with Gasteiger partial charge in [0.25, 0.3) is 21.8 Å². The Labute approximate surface area is 183 Å². The molecule has 2 aliphatic rings. The van der Waals surface area contributed by atoms with Crippen LogP contribution in [-0.4, -0.2) is 40.1 Å². The molecular weight excluding hydrogens is 435 g/mol. The first kappa shape index (κ1) is 20.4. The number of carbonyl (C=O) groups excluding carboxylic acids is 2. The molecule has 0 bridgehead atoms. The number of aromatic nitrogens is 2. The van der Waals surface area contributed by atoms with Crippen LogP contribution in [0.15, 0.2) is 59.8 Å². The highest BCUT2D eigenvalue weighted by Gasteiger charge is 2.48. The van der Waals surface area contributed by atoms with Gasteiger partial charge in [-0.25, -0.2) is 22.1 Å². The van der Waals surface area contributed by atoms with Gasteiger partial charge < -0.3 is 9.88 Å². The molecule has 1 atom stereocenters. The highest BCUT2D eigenvalue weighted by molar-refractivity contribution is 7.90. The average molecular weight is 454 g/mol. The molecule has 1 aliphatic heterocycles. The Bertz CT molecular complexity index is 1350. The molecule has 0 radical (unpaired) electrons. The van der Waals surface area contributed by atoms with Gasteiger partial charge in [0, 0.05) is 31.0 Å². The molecule has 10 heteroatoms. The number of carbonyl (C=O) groups is 2. The minimum absolute atomic E-state index is 0.0765. The summed E-state index contributed by atoms with van der Waals surface area (Å²) in [4.78, 5) is 29.8. The number of nitrogens with zero attached hydrogens (tertiary/aromatic N) is 3. The fourth-order valence-corrected chi connectivity index (χ4v) is 5.72. The standard InChI is InChI=1S/C22H19FN4O4S/c1-26-11-10-24-20(26)19(13-2-5-15(23)6-3-13)25-21(28)14-4-9-17-18(12-14)32(30,31)27(22(17)29)16-7-8-16/h2-6,9-12,16,19H,7-8H2,1H3,(H,25,28). The van der Waals surface area contributed by atoms with E-state index in [1.807, 2.05) is 0 Å². The summed E-state index contributed by atoms with van der Waals surface area (Å²) in [5.41, 5.74) is 0.782. The van der Waals surface area contributed by atoms with Gasteiger partial charge in [-0.15, -0.1) is 0 Å². The van der Waals surface area contributed by atoms with Crippen LogP contribution in [0.3, 0.4) is 0 Å². The van der Waals surface area contributed by atoms with Crippen LogP contribution in [0, 0.1) is 5.82 Å². The number of hydrogen-bond acceptors (Lipinski definition) is 5. The maximum atomic E-state index is 13.4. The molecule has 0 spiro atoms. The third-order valence-corrected chi connectivity index (χ3v) is 7.56. The summed E-state index contributed by atoms with van der Waals surface area (Å²) in [6, 6.07) is 8.72. The SMILES string of the molecule is Cn1ccnc1C(NC(=O)c1ccc2c(c1)S(=O)(=O)N(C1CC1)C2=O)c1ccc(F)cc1. The number of benzene rings is 2. The number of nitrogens with one attached hydrogen (secondary N) is 1. The van der Waals surface area contributed by atoms with Crippen LogP contribution in [0.2, 0.25) is 0 Å². The number of hydrogen-bond donors (Lipinski definition) is 1. The summed E-state index contributed by atoms with van der Waals surface area (Å²) in [5, 5.41) is 2.85. The highest BCUT2D eigenvalue weighted by atomic mass is 32.2. The van der Waals surface area contributed by atoms with Crippen molar-refractivity contribution in [3.05, 3.63) is 83.2 Å². The van der Waals surface area contributed by atoms with E-state index in [2.05, 4.69) is 10.3 Å². The number of imidazole rings is 1. The van der Waals surface area contributed by atoms with Crippen molar-refractivity contribution in [3.63, 3.8) is 0 Å². The van der Waals surface area contributed by atoms with Crippen molar-refractivity contribution in [1.82, 2.24) is 19.2 Å². The molecule has 1 unspecified atom stereocenters. The molecule has 1 saturated carbocycles. The molecule has 1 aliphatic carbocycles. The molecule has 164 valence electrons. The summed E-state index contributed by atoms with van der Waals surface area (Å²) in [7, 11) is -2.21. The van der Waals surface area contributed by atoms with Crippen LogP contribution in [-0.2, 0) is 17.1 Å².